The third kappa shape index (κ3) is 6.16. The summed E-state index contributed by atoms with van der Waals surface area (Å²) in [6, 6.07) is 18.2. The van der Waals surface area contributed by atoms with Gasteiger partial charge in [-0.15, -0.1) is 0 Å². The molecule has 0 aliphatic rings. The van der Waals surface area contributed by atoms with Crippen LogP contribution in [0.25, 0.3) is 0 Å². The summed E-state index contributed by atoms with van der Waals surface area (Å²) in [5.74, 6) is 1.20. The van der Waals surface area contributed by atoms with Gasteiger partial charge >= 0.3 is 0 Å². The lowest BCUT2D eigenvalue weighted by Gasteiger charge is -2.30. The van der Waals surface area contributed by atoms with Gasteiger partial charge in [0.2, 0.25) is 5.91 Å². The summed E-state index contributed by atoms with van der Waals surface area (Å²) in [4.78, 5) is 30.1. The first-order valence-electron chi connectivity index (χ1n) is 10.8. The van der Waals surface area contributed by atoms with E-state index in [-0.39, 0.29) is 24.4 Å². The quantitative estimate of drug-likeness (QED) is 0.459. The summed E-state index contributed by atoms with van der Waals surface area (Å²) < 4.78 is 16.1. The molecule has 0 unspecified atom stereocenters. The molecule has 0 spiro atoms. The fourth-order valence-corrected chi connectivity index (χ4v) is 3.49. The summed E-state index contributed by atoms with van der Waals surface area (Å²) in [6.07, 6.45) is 1.58. The highest BCUT2D eigenvalue weighted by Gasteiger charge is 2.27. The lowest BCUT2D eigenvalue weighted by atomic mass is 10.1. The average Bonchev–Trinajstić information content (AvgIpc) is 3.34. The van der Waals surface area contributed by atoms with Crippen molar-refractivity contribution in [1.82, 2.24) is 9.80 Å². The zero-order chi connectivity index (χ0) is 23.8. The molecule has 0 N–H and O–H groups in total. The Labute approximate surface area is 194 Å². The third-order valence-electron chi connectivity index (χ3n) is 5.32. The van der Waals surface area contributed by atoms with E-state index in [0.717, 1.165) is 5.56 Å². The molecule has 0 atom stereocenters. The van der Waals surface area contributed by atoms with Gasteiger partial charge < -0.3 is 23.7 Å². The second-order valence-electron chi connectivity index (χ2n) is 7.91. The van der Waals surface area contributed by atoms with E-state index in [9.17, 15) is 9.59 Å². The van der Waals surface area contributed by atoms with Crippen molar-refractivity contribution in [2.24, 2.45) is 0 Å². The molecule has 0 saturated heterocycles. The third-order valence-corrected chi connectivity index (χ3v) is 5.32. The minimum Gasteiger partial charge on any atom is -0.497 e. The van der Waals surface area contributed by atoms with Crippen molar-refractivity contribution in [3.05, 3.63) is 83.8 Å². The standard InChI is InChI=1S/C26H30N2O5/c1-19(2)28(26(30)23-13-12-21(31-3)15-24(23)32-4)18-25(29)27(17-22-11-8-14-33-22)16-20-9-6-5-7-10-20/h5-15,19H,16-18H2,1-4H3. The lowest BCUT2D eigenvalue weighted by Crippen LogP contribution is -2.45. The molecule has 3 rings (SSSR count). The Kier molecular flexibility index (Phi) is 8.13. The van der Waals surface area contributed by atoms with E-state index in [1.54, 1.807) is 47.4 Å². The summed E-state index contributed by atoms with van der Waals surface area (Å²) in [7, 11) is 3.05. The van der Waals surface area contributed by atoms with Crippen molar-refractivity contribution in [2.75, 3.05) is 20.8 Å². The van der Waals surface area contributed by atoms with Crippen molar-refractivity contribution < 1.29 is 23.5 Å². The molecular formula is C26H30N2O5. The van der Waals surface area contributed by atoms with Gasteiger partial charge in [0.1, 0.15) is 23.8 Å². The Morgan fingerprint density at radius 2 is 1.70 bits per heavy atom. The summed E-state index contributed by atoms with van der Waals surface area (Å²) in [5.41, 5.74) is 1.37. The van der Waals surface area contributed by atoms with Crippen molar-refractivity contribution in [2.45, 2.75) is 33.0 Å². The van der Waals surface area contributed by atoms with Gasteiger partial charge in [0.15, 0.2) is 0 Å². The maximum Gasteiger partial charge on any atom is 0.258 e. The van der Waals surface area contributed by atoms with Gasteiger partial charge in [-0.25, -0.2) is 0 Å². The van der Waals surface area contributed by atoms with Crippen LogP contribution in [-0.4, -0.2) is 48.4 Å². The van der Waals surface area contributed by atoms with E-state index in [1.807, 2.05) is 50.2 Å². The maximum absolute atomic E-state index is 13.4. The number of hydrogen-bond acceptors (Lipinski definition) is 5. The normalized spacial score (nSPS) is 10.7. The molecule has 0 fully saturated rings. The number of rotatable bonds is 10. The summed E-state index contributed by atoms with van der Waals surface area (Å²) in [6.45, 7) is 4.42. The smallest absolute Gasteiger partial charge is 0.258 e. The summed E-state index contributed by atoms with van der Waals surface area (Å²) in [5, 5.41) is 0. The number of amides is 2. The molecule has 0 saturated carbocycles. The molecule has 33 heavy (non-hydrogen) atoms. The summed E-state index contributed by atoms with van der Waals surface area (Å²) >= 11 is 0. The lowest BCUT2D eigenvalue weighted by molar-refractivity contribution is -0.133. The molecule has 0 radical (unpaired) electrons. The molecular weight excluding hydrogens is 420 g/mol. The zero-order valence-electron chi connectivity index (χ0n) is 19.5. The highest BCUT2D eigenvalue weighted by atomic mass is 16.5. The average molecular weight is 451 g/mol. The van der Waals surface area contributed by atoms with Crippen LogP contribution in [0.15, 0.2) is 71.3 Å². The number of carbonyl (C=O) groups excluding carboxylic acids is 2. The van der Waals surface area contributed by atoms with Gasteiger partial charge in [-0.05, 0) is 43.7 Å². The first-order chi connectivity index (χ1) is 15.9. The van der Waals surface area contributed by atoms with Crippen LogP contribution in [-0.2, 0) is 17.9 Å². The Morgan fingerprint density at radius 3 is 2.30 bits per heavy atom. The molecule has 7 nitrogen and oxygen atoms in total. The van der Waals surface area contributed by atoms with E-state index in [2.05, 4.69) is 0 Å². The Morgan fingerprint density at radius 1 is 0.939 bits per heavy atom. The van der Waals surface area contributed by atoms with Crippen LogP contribution in [0.3, 0.4) is 0 Å². The molecule has 2 amide bonds. The van der Waals surface area contributed by atoms with Crippen LogP contribution >= 0.6 is 0 Å². The van der Waals surface area contributed by atoms with Crippen molar-refractivity contribution in [3.63, 3.8) is 0 Å². The molecule has 2 aromatic carbocycles. The second kappa shape index (κ2) is 11.2. The van der Waals surface area contributed by atoms with Gasteiger partial charge in [0.05, 0.1) is 32.6 Å². The second-order valence-corrected chi connectivity index (χ2v) is 7.91. The van der Waals surface area contributed by atoms with E-state index >= 15 is 0 Å². The number of carbonyl (C=O) groups is 2. The molecule has 174 valence electrons. The number of ether oxygens (including phenoxy) is 2. The minimum absolute atomic E-state index is 0.0702. The predicted molar refractivity (Wildman–Crippen MR) is 125 cm³/mol. The van der Waals surface area contributed by atoms with Crippen molar-refractivity contribution in [3.8, 4) is 11.5 Å². The Bertz CT molecular complexity index is 1050. The van der Waals surface area contributed by atoms with E-state index in [4.69, 9.17) is 13.9 Å². The Hall–Kier alpha value is -3.74. The molecule has 1 heterocycles. The van der Waals surface area contributed by atoms with Gasteiger partial charge in [0, 0.05) is 18.7 Å². The van der Waals surface area contributed by atoms with Crippen LogP contribution in [0.4, 0.5) is 0 Å². The molecule has 0 bridgehead atoms. The zero-order valence-corrected chi connectivity index (χ0v) is 19.5. The highest BCUT2D eigenvalue weighted by Crippen LogP contribution is 2.26. The fraction of sp³-hybridized carbons (Fsp3) is 0.308. The Balaban J connectivity index is 1.83. The molecule has 1 aromatic heterocycles. The van der Waals surface area contributed by atoms with Gasteiger partial charge in [-0.3, -0.25) is 9.59 Å². The maximum atomic E-state index is 13.4. The van der Waals surface area contributed by atoms with Crippen LogP contribution in [0, 0.1) is 0 Å². The number of benzene rings is 2. The van der Waals surface area contributed by atoms with Crippen LogP contribution in [0.5, 0.6) is 11.5 Å². The monoisotopic (exact) mass is 450 g/mol. The number of hydrogen-bond donors (Lipinski definition) is 0. The van der Waals surface area contributed by atoms with Crippen LogP contribution in [0.1, 0.15) is 35.5 Å². The molecule has 0 aliphatic carbocycles. The molecule has 7 heteroatoms. The van der Waals surface area contributed by atoms with Crippen molar-refractivity contribution in [1.29, 1.82) is 0 Å². The number of methoxy groups -OCH3 is 2. The first-order valence-corrected chi connectivity index (χ1v) is 10.8. The highest BCUT2D eigenvalue weighted by molar-refractivity contribution is 5.99. The van der Waals surface area contributed by atoms with Gasteiger partial charge in [-0.2, -0.15) is 0 Å². The van der Waals surface area contributed by atoms with Gasteiger partial charge in [0.25, 0.3) is 5.91 Å². The van der Waals surface area contributed by atoms with E-state index < -0.39 is 0 Å². The SMILES string of the molecule is COc1ccc(C(=O)N(CC(=O)N(Cc2ccccc2)Cc2ccco2)C(C)C)c(OC)c1. The first kappa shape index (κ1) is 23.9. The molecule has 3 aromatic rings. The predicted octanol–water partition coefficient (Wildman–Crippen LogP) is 4.38. The van der Waals surface area contributed by atoms with E-state index in [1.165, 1.54) is 7.11 Å². The number of nitrogens with zero attached hydrogens (tertiary/aromatic N) is 2. The van der Waals surface area contributed by atoms with Crippen LogP contribution in [0.2, 0.25) is 0 Å². The molecule has 0 aliphatic heterocycles. The van der Waals surface area contributed by atoms with Crippen molar-refractivity contribution >= 4 is 11.8 Å². The minimum atomic E-state index is -0.282. The topological polar surface area (TPSA) is 72.2 Å². The number of furan rings is 1. The van der Waals surface area contributed by atoms with E-state index in [0.29, 0.717) is 35.9 Å². The fourth-order valence-electron chi connectivity index (χ4n) is 3.49. The largest absolute Gasteiger partial charge is 0.497 e. The van der Waals surface area contributed by atoms with Crippen LogP contribution < -0.4 is 9.47 Å². The van der Waals surface area contributed by atoms with Gasteiger partial charge in [-0.1, -0.05) is 30.3 Å².